The van der Waals surface area contributed by atoms with Crippen LogP contribution < -0.4 is 4.74 Å². The van der Waals surface area contributed by atoms with E-state index in [1.807, 2.05) is 0 Å². The summed E-state index contributed by atoms with van der Waals surface area (Å²) in [6.07, 6.45) is -0.820. The third kappa shape index (κ3) is 3.01. The molecule has 1 aromatic carbocycles. The van der Waals surface area contributed by atoms with Crippen molar-refractivity contribution < 1.29 is 28.7 Å². The second-order valence-corrected chi connectivity index (χ2v) is 5.20. The minimum atomic E-state index is -1.70. The highest BCUT2D eigenvalue weighted by molar-refractivity contribution is 5.71. The van der Waals surface area contributed by atoms with Crippen LogP contribution in [0.15, 0.2) is 12.1 Å². The maximum atomic E-state index is 13.7. The summed E-state index contributed by atoms with van der Waals surface area (Å²) in [5.74, 6) is -1.71. The average Bonchev–Trinajstić information content (AvgIpc) is 2.36. The Morgan fingerprint density at radius 2 is 2.32 bits per heavy atom. The SMILES string of the molecule is CCOC(=O)C[C@]1(O)C[C@@H](C)Oc2cc(F)c([N+](=O)[O-])cc21. The van der Waals surface area contributed by atoms with E-state index in [4.69, 9.17) is 9.47 Å². The van der Waals surface area contributed by atoms with Crippen molar-refractivity contribution in [3.63, 3.8) is 0 Å². The zero-order chi connectivity index (χ0) is 16.5. The van der Waals surface area contributed by atoms with Crippen LogP contribution in [0.1, 0.15) is 32.3 Å². The quantitative estimate of drug-likeness (QED) is 0.519. The van der Waals surface area contributed by atoms with E-state index in [0.717, 1.165) is 12.1 Å². The zero-order valence-corrected chi connectivity index (χ0v) is 12.2. The molecule has 22 heavy (non-hydrogen) atoms. The third-order valence-corrected chi connectivity index (χ3v) is 3.44. The Morgan fingerprint density at radius 1 is 1.64 bits per heavy atom. The van der Waals surface area contributed by atoms with Gasteiger partial charge in [-0.1, -0.05) is 0 Å². The lowest BCUT2D eigenvalue weighted by Gasteiger charge is -2.36. The average molecular weight is 313 g/mol. The van der Waals surface area contributed by atoms with E-state index in [1.54, 1.807) is 13.8 Å². The number of esters is 1. The molecule has 1 heterocycles. The first-order valence-corrected chi connectivity index (χ1v) is 6.80. The topological polar surface area (TPSA) is 98.9 Å². The third-order valence-electron chi connectivity index (χ3n) is 3.44. The van der Waals surface area contributed by atoms with Crippen molar-refractivity contribution in [2.45, 2.75) is 38.4 Å². The van der Waals surface area contributed by atoms with Gasteiger partial charge in [0.05, 0.1) is 24.1 Å². The van der Waals surface area contributed by atoms with Crippen molar-refractivity contribution in [1.82, 2.24) is 0 Å². The minimum absolute atomic E-state index is 0.00588. The second kappa shape index (κ2) is 5.88. The standard InChI is InChI=1S/C14H16FNO6/c1-3-21-13(17)7-14(18)6-8(2)22-12-5-10(15)11(16(19)20)4-9(12)14/h4-5,8,18H,3,6-7H2,1-2H3/t8-,14-/m1/s1. The lowest BCUT2D eigenvalue weighted by Crippen LogP contribution is -2.39. The number of carbonyl (C=O) groups excluding carboxylic acids is 1. The zero-order valence-electron chi connectivity index (χ0n) is 12.2. The first-order chi connectivity index (χ1) is 10.3. The number of nitro groups is 1. The van der Waals surface area contributed by atoms with Crippen LogP contribution in [-0.4, -0.2) is 28.7 Å². The number of nitro benzene ring substituents is 1. The molecule has 1 N–H and O–H groups in total. The van der Waals surface area contributed by atoms with Crippen LogP contribution in [0.25, 0.3) is 0 Å². The van der Waals surface area contributed by atoms with Gasteiger partial charge in [-0.15, -0.1) is 0 Å². The summed E-state index contributed by atoms with van der Waals surface area (Å²) in [7, 11) is 0. The molecule has 7 nitrogen and oxygen atoms in total. The van der Waals surface area contributed by atoms with Gasteiger partial charge < -0.3 is 14.6 Å². The highest BCUT2D eigenvalue weighted by Crippen LogP contribution is 2.44. The van der Waals surface area contributed by atoms with Crippen molar-refractivity contribution in [3.05, 3.63) is 33.6 Å². The highest BCUT2D eigenvalue weighted by atomic mass is 19.1. The molecular weight excluding hydrogens is 297 g/mol. The summed E-state index contributed by atoms with van der Waals surface area (Å²) in [4.78, 5) is 21.7. The Bertz CT molecular complexity index is 620. The van der Waals surface area contributed by atoms with E-state index in [1.165, 1.54) is 0 Å². The van der Waals surface area contributed by atoms with Gasteiger partial charge in [-0.2, -0.15) is 4.39 Å². The van der Waals surface area contributed by atoms with Gasteiger partial charge in [-0.05, 0) is 13.8 Å². The minimum Gasteiger partial charge on any atom is -0.490 e. The Balaban J connectivity index is 2.49. The van der Waals surface area contributed by atoms with E-state index in [-0.39, 0.29) is 30.8 Å². The van der Waals surface area contributed by atoms with Crippen molar-refractivity contribution in [2.24, 2.45) is 0 Å². The maximum absolute atomic E-state index is 13.7. The smallest absolute Gasteiger partial charge is 0.309 e. The first kappa shape index (κ1) is 16.2. The summed E-state index contributed by atoms with van der Waals surface area (Å²) in [6, 6.07) is 1.77. The summed E-state index contributed by atoms with van der Waals surface area (Å²) in [6.45, 7) is 3.43. The van der Waals surface area contributed by atoms with Crippen molar-refractivity contribution in [3.8, 4) is 5.75 Å². The molecule has 0 bridgehead atoms. The monoisotopic (exact) mass is 313 g/mol. The fourth-order valence-electron chi connectivity index (χ4n) is 2.61. The molecule has 0 saturated heterocycles. The lowest BCUT2D eigenvalue weighted by molar-refractivity contribution is -0.387. The summed E-state index contributed by atoms with van der Waals surface area (Å²) in [5, 5.41) is 21.6. The number of aliphatic hydroxyl groups is 1. The normalized spacial score (nSPS) is 23.4. The molecule has 0 aliphatic carbocycles. The van der Waals surface area contributed by atoms with Crippen LogP contribution in [0.2, 0.25) is 0 Å². The van der Waals surface area contributed by atoms with E-state index in [9.17, 15) is 24.4 Å². The van der Waals surface area contributed by atoms with Crippen LogP contribution >= 0.6 is 0 Å². The molecule has 0 amide bonds. The van der Waals surface area contributed by atoms with Crippen LogP contribution in [0.4, 0.5) is 10.1 Å². The number of carbonyl (C=O) groups is 1. The highest BCUT2D eigenvalue weighted by Gasteiger charge is 2.42. The van der Waals surface area contributed by atoms with Crippen LogP contribution in [0.5, 0.6) is 5.75 Å². The van der Waals surface area contributed by atoms with E-state index in [0.29, 0.717) is 0 Å². The number of nitrogens with zero attached hydrogens (tertiary/aromatic N) is 1. The summed E-state index contributed by atoms with van der Waals surface area (Å²) >= 11 is 0. The molecule has 1 aliphatic rings. The summed E-state index contributed by atoms with van der Waals surface area (Å²) in [5.41, 5.74) is -2.46. The van der Waals surface area contributed by atoms with Gasteiger partial charge in [0, 0.05) is 24.1 Å². The molecular formula is C14H16FNO6. The maximum Gasteiger partial charge on any atom is 0.309 e. The van der Waals surface area contributed by atoms with Gasteiger partial charge in [0.25, 0.3) is 0 Å². The Hall–Kier alpha value is -2.22. The number of ether oxygens (including phenoxy) is 2. The molecule has 0 aromatic heterocycles. The Labute approximate surface area is 125 Å². The summed E-state index contributed by atoms with van der Waals surface area (Å²) < 4.78 is 23.9. The molecule has 1 aliphatic heterocycles. The van der Waals surface area contributed by atoms with Crippen LogP contribution in [0, 0.1) is 15.9 Å². The molecule has 0 fully saturated rings. The number of rotatable bonds is 4. The van der Waals surface area contributed by atoms with Gasteiger partial charge in [-0.25, -0.2) is 0 Å². The predicted molar refractivity (Wildman–Crippen MR) is 72.9 cm³/mol. The predicted octanol–water partition coefficient (Wildman–Crippen LogP) is 2.05. The molecule has 1 aromatic rings. The van der Waals surface area contributed by atoms with Crippen LogP contribution in [0.3, 0.4) is 0 Å². The van der Waals surface area contributed by atoms with Crippen molar-refractivity contribution in [2.75, 3.05) is 6.61 Å². The van der Waals surface area contributed by atoms with Gasteiger partial charge in [-0.3, -0.25) is 14.9 Å². The largest absolute Gasteiger partial charge is 0.490 e. The molecule has 2 rings (SSSR count). The lowest BCUT2D eigenvalue weighted by atomic mass is 9.82. The van der Waals surface area contributed by atoms with Crippen LogP contribution in [-0.2, 0) is 15.1 Å². The van der Waals surface area contributed by atoms with E-state index >= 15 is 0 Å². The van der Waals surface area contributed by atoms with Gasteiger partial charge in [0.1, 0.15) is 11.4 Å². The van der Waals surface area contributed by atoms with Gasteiger partial charge >= 0.3 is 11.7 Å². The molecule has 0 unspecified atom stereocenters. The molecule has 0 saturated carbocycles. The molecule has 120 valence electrons. The molecule has 8 heteroatoms. The van der Waals surface area contributed by atoms with Gasteiger partial charge in [0.15, 0.2) is 0 Å². The number of benzene rings is 1. The molecule has 0 radical (unpaired) electrons. The Morgan fingerprint density at radius 3 is 2.91 bits per heavy atom. The number of fused-ring (bicyclic) bond motifs is 1. The van der Waals surface area contributed by atoms with Crippen molar-refractivity contribution >= 4 is 11.7 Å². The van der Waals surface area contributed by atoms with E-state index in [2.05, 4.69) is 0 Å². The Kier molecular flexibility index (Phi) is 4.32. The van der Waals surface area contributed by atoms with E-state index < -0.39 is 34.1 Å². The fourth-order valence-corrected chi connectivity index (χ4v) is 2.61. The number of hydrogen-bond acceptors (Lipinski definition) is 6. The molecule has 2 atom stereocenters. The van der Waals surface area contributed by atoms with Crippen molar-refractivity contribution in [1.29, 1.82) is 0 Å². The second-order valence-electron chi connectivity index (χ2n) is 5.20. The van der Waals surface area contributed by atoms with Gasteiger partial charge in [0.2, 0.25) is 5.82 Å². The number of hydrogen-bond donors (Lipinski definition) is 1. The number of halogens is 1. The first-order valence-electron chi connectivity index (χ1n) is 6.80. The molecule has 0 spiro atoms. The fraction of sp³-hybridized carbons (Fsp3) is 0.500.